The van der Waals surface area contributed by atoms with E-state index in [1.54, 1.807) is 18.7 Å². The second-order valence-electron chi connectivity index (χ2n) is 5.39. The Morgan fingerprint density at radius 2 is 1.75 bits per heavy atom. The Bertz CT molecular complexity index is 465. The first-order chi connectivity index (χ1) is 9.24. The van der Waals surface area contributed by atoms with Crippen molar-refractivity contribution in [1.82, 2.24) is 9.97 Å². The lowest BCUT2D eigenvalue weighted by Crippen LogP contribution is -2.49. The van der Waals surface area contributed by atoms with Gasteiger partial charge in [-0.2, -0.15) is 0 Å². The highest BCUT2D eigenvalue weighted by Crippen LogP contribution is 2.19. The minimum atomic E-state index is -0.905. The maximum Gasteiger partial charge on any atom is 0.237 e. The molecule has 0 aromatic carbocycles. The first-order valence-electron chi connectivity index (χ1n) is 6.77. The molecule has 4 N–H and O–H groups in total. The van der Waals surface area contributed by atoms with Crippen LogP contribution >= 0.6 is 11.8 Å². The Hall–Kier alpha value is -1.14. The Morgan fingerprint density at radius 3 is 2.25 bits per heavy atom. The number of aryl methyl sites for hydroxylation is 2. The number of unbranched alkanes of at least 4 members (excludes halogenated alkanes) is 1. The van der Waals surface area contributed by atoms with Gasteiger partial charge in [0.2, 0.25) is 5.91 Å². The summed E-state index contributed by atoms with van der Waals surface area (Å²) in [6, 6.07) is 0. The number of hydrogen-bond donors (Lipinski definition) is 2. The summed E-state index contributed by atoms with van der Waals surface area (Å²) in [5, 5.41) is 0.816. The van der Waals surface area contributed by atoms with Gasteiger partial charge < -0.3 is 11.5 Å². The molecule has 6 heteroatoms. The third kappa shape index (κ3) is 4.76. The highest BCUT2D eigenvalue weighted by atomic mass is 32.2. The van der Waals surface area contributed by atoms with Crippen molar-refractivity contribution in [3.8, 4) is 0 Å². The molecule has 0 spiro atoms. The summed E-state index contributed by atoms with van der Waals surface area (Å²) in [7, 11) is 0. The van der Waals surface area contributed by atoms with E-state index in [2.05, 4.69) is 9.97 Å². The van der Waals surface area contributed by atoms with Crippen molar-refractivity contribution in [2.24, 2.45) is 11.5 Å². The van der Waals surface area contributed by atoms with E-state index in [4.69, 9.17) is 11.5 Å². The normalized spacial score (nSPS) is 14.1. The molecule has 112 valence electrons. The molecule has 20 heavy (non-hydrogen) atoms. The standard InChI is InChI=1S/C14H24N4OS/c1-9-10(2)17-13(18-11(9)3)20-8-6-5-7-14(4,16)12(15)19/h5-8,16H2,1-4H3,(H2,15,19). The van der Waals surface area contributed by atoms with Crippen LogP contribution in [0.3, 0.4) is 0 Å². The van der Waals surface area contributed by atoms with Crippen LogP contribution < -0.4 is 11.5 Å². The van der Waals surface area contributed by atoms with Gasteiger partial charge in [-0.05, 0) is 46.1 Å². The summed E-state index contributed by atoms with van der Waals surface area (Å²) in [6.07, 6.45) is 2.43. The highest BCUT2D eigenvalue weighted by molar-refractivity contribution is 7.99. The number of amides is 1. The Balaban J connectivity index is 2.37. The number of rotatable bonds is 7. The summed E-state index contributed by atoms with van der Waals surface area (Å²) in [5.74, 6) is 0.467. The number of hydrogen-bond acceptors (Lipinski definition) is 5. The van der Waals surface area contributed by atoms with Crippen LogP contribution in [0.1, 0.15) is 43.1 Å². The van der Waals surface area contributed by atoms with Crippen LogP contribution in [-0.2, 0) is 4.79 Å². The lowest BCUT2D eigenvalue weighted by Gasteiger charge is -2.19. The molecule has 1 heterocycles. The maximum absolute atomic E-state index is 11.1. The van der Waals surface area contributed by atoms with E-state index in [0.717, 1.165) is 40.7 Å². The Kier molecular flexibility index (Phi) is 5.95. The molecular formula is C14H24N4OS. The Morgan fingerprint density at radius 1 is 1.20 bits per heavy atom. The van der Waals surface area contributed by atoms with Gasteiger partial charge in [0, 0.05) is 17.1 Å². The summed E-state index contributed by atoms with van der Waals surface area (Å²) in [5.41, 5.74) is 13.3. The number of primary amides is 1. The molecule has 0 saturated heterocycles. The van der Waals surface area contributed by atoms with Crippen molar-refractivity contribution >= 4 is 17.7 Å². The number of aromatic nitrogens is 2. The lowest BCUT2D eigenvalue weighted by molar-refractivity contribution is -0.122. The van der Waals surface area contributed by atoms with Crippen LogP contribution in [0.15, 0.2) is 5.16 Å². The number of thioether (sulfide) groups is 1. The van der Waals surface area contributed by atoms with Crippen molar-refractivity contribution in [2.45, 2.75) is 57.7 Å². The highest BCUT2D eigenvalue weighted by Gasteiger charge is 2.24. The van der Waals surface area contributed by atoms with Gasteiger partial charge in [-0.1, -0.05) is 18.2 Å². The second-order valence-corrected chi connectivity index (χ2v) is 6.45. The molecule has 1 aromatic rings. The zero-order valence-corrected chi connectivity index (χ0v) is 13.5. The van der Waals surface area contributed by atoms with Crippen molar-refractivity contribution in [2.75, 3.05) is 5.75 Å². The van der Waals surface area contributed by atoms with Crippen LogP contribution in [0.5, 0.6) is 0 Å². The predicted octanol–water partition coefficient (Wildman–Crippen LogP) is 1.87. The number of carbonyl (C=O) groups is 1. The van der Waals surface area contributed by atoms with Gasteiger partial charge in [0.15, 0.2) is 5.16 Å². The monoisotopic (exact) mass is 296 g/mol. The summed E-state index contributed by atoms with van der Waals surface area (Å²) >= 11 is 1.64. The van der Waals surface area contributed by atoms with Gasteiger partial charge in [0.05, 0.1) is 5.54 Å². The minimum absolute atomic E-state index is 0.446. The lowest BCUT2D eigenvalue weighted by atomic mass is 9.96. The molecule has 0 saturated carbocycles. The van der Waals surface area contributed by atoms with Crippen molar-refractivity contribution in [1.29, 1.82) is 0 Å². The van der Waals surface area contributed by atoms with Crippen LogP contribution in [0, 0.1) is 20.8 Å². The first-order valence-corrected chi connectivity index (χ1v) is 7.76. The van der Waals surface area contributed by atoms with E-state index in [9.17, 15) is 4.79 Å². The molecule has 1 rings (SSSR count). The molecule has 0 bridgehead atoms. The molecule has 0 aliphatic carbocycles. The van der Waals surface area contributed by atoms with Crippen LogP contribution in [0.25, 0.3) is 0 Å². The van der Waals surface area contributed by atoms with Crippen LogP contribution in [0.4, 0.5) is 0 Å². The molecule has 1 aromatic heterocycles. The summed E-state index contributed by atoms with van der Waals surface area (Å²) < 4.78 is 0. The van der Waals surface area contributed by atoms with Crippen LogP contribution in [0.2, 0.25) is 0 Å². The van der Waals surface area contributed by atoms with Crippen molar-refractivity contribution in [3.05, 3.63) is 17.0 Å². The van der Waals surface area contributed by atoms with Crippen LogP contribution in [-0.4, -0.2) is 27.2 Å². The van der Waals surface area contributed by atoms with Crippen molar-refractivity contribution < 1.29 is 4.79 Å². The van der Waals surface area contributed by atoms with E-state index >= 15 is 0 Å². The number of nitrogens with zero attached hydrogens (tertiary/aromatic N) is 2. The zero-order chi connectivity index (χ0) is 15.3. The number of carbonyl (C=O) groups excluding carboxylic acids is 1. The number of nitrogens with two attached hydrogens (primary N) is 2. The fraction of sp³-hybridized carbons (Fsp3) is 0.643. The fourth-order valence-electron chi connectivity index (χ4n) is 1.69. The molecule has 0 aliphatic heterocycles. The second kappa shape index (κ2) is 7.04. The summed E-state index contributed by atoms with van der Waals surface area (Å²) in [4.78, 5) is 20.0. The first kappa shape index (κ1) is 16.9. The van der Waals surface area contributed by atoms with E-state index in [1.807, 2.05) is 20.8 Å². The van der Waals surface area contributed by atoms with E-state index in [-0.39, 0.29) is 0 Å². The topological polar surface area (TPSA) is 94.9 Å². The van der Waals surface area contributed by atoms with E-state index < -0.39 is 11.4 Å². The quantitative estimate of drug-likeness (QED) is 0.455. The SMILES string of the molecule is Cc1nc(SCCCCC(C)(N)C(N)=O)nc(C)c1C. The van der Waals surface area contributed by atoms with Gasteiger partial charge in [-0.3, -0.25) is 4.79 Å². The molecule has 5 nitrogen and oxygen atoms in total. The molecule has 1 unspecified atom stereocenters. The molecule has 1 amide bonds. The van der Waals surface area contributed by atoms with Crippen molar-refractivity contribution in [3.63, 3.8) is 0 Å². The maximum atomic E-state index is 11.1. The average Bonchev–Trinajstić information content (AvgIpc) is 2.35. The smallest absolute Gasteiger partial charge is 0.237 e. The predicted molar refractivity (Wildman–Crippen MR) is 82.6 cm³/mol. The molecule has 1 atom stereocenters. The zero-order valence-electron chi connectivity index (χ0n) is 12.7. The van der Waals surface area contributed by atoms with Gasteiger partial charge in [-0.25, -0.2) is 9.97 Å². The third-order valence-corrected chi connectivity index (χ3v) is 4.43. The molecule has 0 fully saturated rings. The van der Waals surface area contributed by atoms with Gasteiger partial charge in [0.25, 0.3) is 0 Å². The largest absolute Gasteiger partial charge is 0.368 e. The summed E-state index contributed by atoms with van der Waals surface area (Å²) in [6.45, 7) is 7.71. The van der Waals surface area contributed by atoms with E-state index in [1.165, 1.54) is 0 Å². The van der Waals surface area contributed by atoms with Gasteiger partial charge in [0.1, 0.15) is 0 Å². The Labute approximate surface area is 124 Å². The average molecular weight is 296 g/mol. The minimum Gasteiger partial charge on any atom is -0.368 e. The molecule has 0 radical (unpaired) electrons. The van der Waals surface area contributed by atoms with Gasteiger partial charge >= 0.3 is 0 Å². The molecular weight excluding hydrogens is 272 g/mol. The molecule has 0 aliphatic rings. The van der Waals surface area contributed by atoms with Gasteiger partial charge in [-0.15, -0.1) is 0 Å². The van der Waals surface area contributed by atoms with E-state index in [0.29, 0.717) is 6.42 Å². The fourth-order valence-corrected chi connectivity index (χ4v) is 2.62. The third-order valence-electron chi connectivity index (χ3n) is 3.50.